The molecule has 2 aliphatic rings. The summed E-state index contributed by atoms with van der Waals surface area (Å²) in [6.45, 7) is 3.25. The number of carbonyl (C=O) groups is 2. The number of aryl methyl sites for hydroxylation is 1. The standard InChI is InChI=1S/C16H20FN3O3/c1-10-2-3-12(17)11(6-10)7-19-4-5-20-14(8-19)15(22)18-13(9-21)16(20)23/h2-3,6,13-14,21H,4-5,7-9H2,1H3,(H,18,22)/t13-,14-/m1/s1. The van der Waals surface area contributed by atoms with Crippen molar-refractivity contribution in [1.82, 2.24) is 15.1 Å². The fraction of sp³-hybridized carbons (Fsp3) is 0.500. The van der Waals surface area contributed by atoms with Crippen LogP contribution in [0.25, 0.3) is 0 Å². The molecule has 2 heterocycles. The maximum Gasteiger partial charge on any atom is 0.248 e. The minimum absolute atomic E-state index is 0.251. The third-order valence-corrected chi connectivity index (χ3v) is 4.44. The predicted octanol–water partition coefficient (Wildman–Crippen LogP) is -0.362. The van der Waals surface area contributed by atoms with Crippen LogP contribution in [0.4, 0.5) is 4.39 Å². The molecule has 0 saturated carbocycles. The van der Waals surface area contributed by atoms with E-state index < -0.39 is 18.7 Å². The summed E-state index contributed by atoms with van der Waals surface area (Å²) in [4.78, 5) is 27.8. The van der Waals surface area contributed by atoms with Gasteiger partial charge in [-0.05, 0) is 13.0 Å². The first-order valence-corrected chi connectivity index (χ1v) is 7.68. The van der Waals surface area contributed by atoms with Crippen LogP contribution in [0, 0.1) is 12.7 Å². The smallest absolute Gasteiger partial charge is 0.248 e. The lowest BCUT2D eigenvalue weighted by Gasteiger charge is -2.45. The van der Waals surface area contributed by atoms with Gasteiger partial charge < -0.3 is 15.3 Å². The Labute approximate surface area is 133 Å². The Morgan fingerprint density at radius 1 is 1.35 bits per heavy atom. The van der Waals surface area contributed by atoms with Crippen molar-refractivity contribution >= 4 is 11.8 Å². The molecule has 6 nitrogen and oxygen atoms in total. The average Bonchev–Trinajstić information content (AvgIpc) is 2.54. The topological polar surface area (TPSA) is 72.9 Å². The number of rotatable bonds is 3. The van der Waals surface area contributed by atoms with E-state index in [2.05, 4.69) is 5.32 Å². The van der Waals surface area contributed by atoms with Crippen LogP contribution in [0.1, 0.15) is 11.1 Å². The zero-order valence-electron chi connectivity index (χ0n) is 13.0. The van der Waals surface area contributed by atoms with Crippen LogP contribution in [0.5, 0.6) is 0 Å². The molecule has 1 aromatic carbocycles. The Balaban J connectivity index is 1.71. The zero-order chi connectivity index (χ0) is 16.6. The van der Waals surface area contributed by atoms with Gasteiger partial charge in [0.15, 0.2) is 0 Å². The number of aliphatic hydroxyl groups is 1. The van der Waals surface area contributed by atoms with Gasteiger partial charge in [0.1, 0.15) is 17.9 Å². The molecule has 3 rings (SSSR count). The molecule has 2 aliphatic heterocycles. The molecule has 0 spiro atoms. The number of hydrogen-bond acceptors (Lipinski definition) is 4. The van der Waals surface area contributed by atoms with Crippen molar-refractivity contribution in [2.75, 3.05) is 26.2 Å². The van der Waals surface area contributed by atoms with E-state index in [0.29, 0.717) is 31.7 Å². The van der Waals surface area contributed by atoms with Crippen LogP contribution >= 0.6 is 0 Å². The summed E-state index contributed by atoms with van der Waals surface area (Å²) in [7, 11) is 0. The van der Waals surface area contributed by atoms with E-state index in [9.17, 15) is 14.0 Å². The van der Waals surface area contributed by atoms with E-state index in [4.69, 9.17) is 5.11 Å². The summed E-state index contributed by atoms with van der Waals surface area (Å²) < 4.78 is 13.9. The minimum atomic E-state index is -0.848. The Hall–Kier alpha value is -1.99. The second-order valence-corrected chi connectivity index (χ2v) is 6.12. The Morgan fingerprint density at radius 2 is 2.13 bits per heavy atom. The number of nitrogens with one attached hydrogen (secondary N) is 1. The van der Waals surface area contributed by atoms with Crippen molar-refractivity contribution < 1.29 is 19.1 Å². The van der Waals surface area contributed by atoms with Gasteiger partial charge in [0.05, 0.1) is 6.61 Å². The summed E-state index contributed by atoms with van der Waals surface area (Å²) >= 11 is 0. The first-order chi connectivity index (χ1) is 11.0. The molecule has 2 saturated heterocycles. The lowest BCUT2D eigenvalue weighted by atomic mass is 10.0. The van der Waals surface area contributed by atoms with Crippen LogP contribution in [-0.4, -0.2) is 65.0 Å². The van der Waals surface area contributed by atoms with Crippen LogP contribution in [0.3, 0.4) is 0 Å². The summed E-state index contributed by atoms with van der Waals surface area (Å²) in [5, 5.41) is 11.7. The third kappa shape index (κ3) is 3.07. The highest BCUT2D eigenvalue weighted by Gasteiger charge is 2.43. The molecule has 0 bridgehead atoms. The van der Waals surface area contributed by atoms with Crippen LogP contribution in [-0.2, 0) is 16.1 Å². The molecule has 0 aliphatic carbocycles. The van der Waals surface area contributed by atoms with E-state index in [1.54, 1.807) is 12.1 Å². The van der Waals surface area contributed by atoms with E-state index >= 15 is 0 Å². The lowest BCUT2D eigenvalue weighted by Crippen LogP contribution is -2.69. The van der Waals surface area contributed by atoms with Gasteiger partial charge in [0.25, 0.3) is 0 Å². The van der Waals surface area contributed by atoms with Gasteiger partial charge in [-0.2, -0.15) is 0 Å². The fourth-order valence-corrected chi connectivity index (χ4v) is 3.19. The number of amides is 2. The van der Waals surface area contributed by atoms with Crippen molar-refractivity contribution in [2.24, 2.45) is 0 Å². The Kier molecular flexibility index (Phi) is 4.32. The summed E-state index contributed by atoms with van der Waals surface area (Å²) in [6, 6.07) is 3.55. The first-order valence-electron chi connectivity index (χ1n) is 7.68. The van der Waals surface area contributed by atoms with Gasteiger partial charge in [-0.25, -0.2) is 4.39 Å². The van der Waals surface area contributed by atoms with Crippen molar-refractivity contribution in [3.05, 3.63) is 35.1 Å². The quantitative estimate of drug-likeness (QED) is 0.797. The number of nitrogens with zero attached hydrogens (tertiary/aromatic N) is 2. The van der Waals surface area contributed by atoms with E-state index in [-0.39, 0.29) is 17.6 Å². The molecular weight excluding hydrogens is 301 g/mol. The molecule has 2 atom stereocenters. The number of fused-ring (bicyclic) bond motifs is 1. The van der Waals surface area contributed by atoms with Gasteiger partial charge >= 0.3 is 0 Å². The summed E-state index contributed by atoms with van der Waals surface area (Å²) in [5.74, 6) is -0.779. The van der Waals surface area contributed by atoms with Crippen molar-refractivity contribution in [2.45, 2.75) is 25.6 Å². The predicted molar refractivity (Wildman–Crippen MR) is 80.9 cm³/mol. The molecule has 7 heteroatoms. The number of carbonyl (C=O) groups excluding carboxylic acids is 2. The molecule has 2 fully saturated rings. The number of benzene rings is 1. The number of piperazine rings is 2. The van der Waals surface area contributed by atoms with E-state index in [1.807, 2.05) is 11.8 Å². The molecule has 124 valence electrons. The maximum atomic E-state index is 13.9. The largest absolute Gasteiger partial charge is 0.394 e. The van der Waals surface area contributed by atoms with Gasteiger partial charge in [0, 0.05) is 31.7 Å². The van der Waals surface area contributed by atoms with Crippen LogP contribution in [0.15, 0.2) is 18.2 Å². The normalized spacial score (nSPS) is 25.3. The van der Waals surface area contributed by atoms with Gasteiger partial charge in [-0.1, -0.05) is 17.7 Å². The van der Waals surface area contributed by atoms with E-state index in [1.165, 1.54) is 11.0 Å². The van der Waals surface area contributed by atoms with Gasteiger partial charge in [-0.15, -0.1) is 0 Å². The summed E-state index contributed by atoms with van der Waals surface area (Å²) in [6.07, 6.45) is 0. The lowest BCUT2D eigenvalue weighted by molar-refractivity contribution is -0.154. The average molecular weight is 321 g/mol. The monoisotopic (exact) mass is 321 g/mol. The highest BCUT2D eigenvalue weighted by Crippen LogP contribution is 2.19. The highest BCUT2D eigenvalue weighted by molar-refractivity contribution is 5.97. The maximum absolute atomic E-state index is 13.9. The molecule has 2 amide bonds. The first kappa shape index (κ1) is 15.9. The van der Waals surface area contributed by atoms with Crippen LogP contribution in [0.2, 0.25) is 0 Å². The zero-order valence-corrected chi connectivity index (χ0v) is 13.0. The molecule has 1 aromatic rings. The number of hydrogen-bond donors (Lipinski definition) is 2. The van der Waals surface area contributed by atoms with Crippen LogP contribution < -0.4 is 5.32 Å². The fourth-order valence-electron chi connectivity index (χ4n) is 3.19. The number of aliphatic hydroxyl groups excluding tert-OH is 1. The Morgan fingerprint density at radius 3 is 2.87 bits per heavy atom. The molecule has 2 N–H and O–H groups in total. The third-order valence-electron chi connectivity index (χ3n) is 4.44. The van der Waals surface area contributed by atoms with Crippen molar-refractivity contribution in [3.8, 4) is 0 Å². The molecule has 0 radical (unpaired) electrons. The second-order valence-electron chi connectivity index (χ2n) is 6.12. The molecular formula is C16H20FN3O3. The minimum Gasteiger partial charge on any atom is -0.394 e. The number of halogens is 1. The van der Waals surface area contributed by atoms with Gasteiger partial charge in [-0.3, -0.25) is 14.5 Å². The molecule has 0 aromatic heterocycles. The van der Waals surface area contributed by atoms with Gasteiger partial charge in [0.2, 0.25) is 11.8 Å². The van der Waals surface area contributed by atoms with Crippen molar-refractivity contribution in [1.29, 1.82) is 0 Å². The van der Waals surface area contributed by atoms with E-state index in [0.717, 1.165) is 5.56 Å². The second kappa shape index (κ2) is 6.25. The Bertz CT molecular complexity index is 637. The summed E-state index contributed by atoms with van der Waals surface area (Å²) in [5.41, 5.74) is 1.57. The molecule has 23 heavy (non-hydrogen) atoms. The molecule has 0 unspecified atom stereocenters. The van der Waals surface area contributed by atoms with Crippen molar-refractivity contribution in [3.63, 3.8) is 0 Å². The SMILES string of the molecule is Cc1ccc(F)c(CN2CCN3C(=O)[C@@H](CO)NC(=O)[C@H]3C2)c1. The highest BCUT2D eigenvalue weighted by atomic mass is 19.1.